The highest BCUT2D eigenvalue weighted by Gasteiger charge is 2.24. The van der Waals surface area contributed by atoms with Crippen LogP contribution < -0.4 is 0 Å². The molecule has 4 aromatic rings. The van der Waals surface area contributed by atoms with Crippen LogP contribution in [0.4, 0.5) is 0 Å². The summed E-state index contributed by atoms with van der Waals surface area (Å²) in [6.07, 6.45) is 6.00. The first-order chi connectivity index (χ1) is 13.4. The van der Waals surface area contributed by atoms with Gasteiger partial charge in [-0.2, -0.15) is 5.10 Å². The van der Waals surface area contributed by atoms with Gasteiger partial charge in [0.2, 0.25) is 0 Å². The number of rotatable bonds is 4. The number of pyridine rings is 1. The molecule has 28 heavy (non-hydrogen) atoms. The Balaban J connectivity index is 2.08. The van der Waals surface area contributed by atoms with Crippen LogP contribution in [0.5, 0.6) is 0 Å². The third-order valence-electron chi connectivity index (χ3n) is 5.61. The van der Waals surface area contributed by atoms with Crippen molar-refractivity contribution < 1.29 is 4.21 Å². The zero-order valence-corrected chi connectivity index (χ0v) is 18.7. The predicted octanol–water partition coefficient (Wildman–Crippen LogP) is 4.76. The molecule has 0 saturated heterocycles. The van der Waals surface area contributed by atoms with E-state index in [1.54, 1.807) is 16.4 Å². The molecule has 3 heterocycles. The molecule has 0 aliphatic carbocycles. The first kappa shape index (κ1) is 19.2. The van der Waals surface area contributed by atoms with Crippen LogP contribution in [0.3, 0.4) is 0 Å². The first-order valence-electron chi connectivity index (χ1n) is 9.28. The normalized spacial score (nSPS) is 12.9. The zero-order valence-electron chi connectivity index (χ0n) is 17.0. The molecule has 1 atom stereocenters. The van der Waals surface area contributed by atoms with Gasteiger partial charge in [-0.05, 0) is 68.3 Å². The molecule has 0 radical (unpaired) electrons. The Bertz CT molecular complexity index is 1250. The number of hydrogen-bond donors (Lipinski definition) is 0. The lowest BCUT2D eigenvalue weighted by Crippen LogP contribution is -2.06. The van der Waals surface area contributed by atoms with Gasteiger partial charge in [0.05, 0.1) is 22.5 Å². The van der Waals surface area contributed by atoms with E-state index in [0.29, 0.717) is 11.6 Å². The number of nitrogens with zero attached hydrogens (tertiary/aromatic N) is 4. The molecule has 0 bridgehead atoms. The number of imidazole rings is 1. The van der Waals surface area contributed by atoms with E-state index in [1.165, 1.54) is 11.1 Å². The second-order valence-corrected chi connectivity index (χ2v) is 9.54. The van der Waals surface area contributed by atoms with Crippen molar-refractivity contribution in [1.82, 2.24) is 19.2 Å². The van der Waals surface area contributed by atoms with Crippen LogP contribution in [0.1, 0.15) is 29.2 Å². The fourth-order valence-electron chi connectivity index (χ4n) is 3.61. The van der Waals surface area contributed by atoms with Gasteiger partial charge in [-0.1, -0.05) is 6.92 Å². The maximum Gasteiger partial charge on any atom is 0.173 e. The lowest BCUT2D eigenvalue weighted by Gasteiger charge is -2.10. The molecule has 0 amide bonds. The minimum Gasteiger partial charge on any atom is -0.305 e. The van der Waals surface area contributed by atoms with Crippen LogP contribution in [0.2, 0.25) is 0 Å². The molecule has 146 valence electrons. The minimum absolute atomic E-state index is 0.538. The molecular formula is C21H24N4OS2. The molecule has 4 rings (SSSR count). The van der Waals surface area contributed by atoms with E-state index in [2.05, 4.69) is 46.1 Å². The van der Waals surface area contributed by atoms with Crippen LogP contribution in [-0.4, -0.2) is 35.4 Å². The van der Waals surface area contributed by atoms with Crippen molar-refractivity contribution in [3.8, 4) is 5.82 Å². The van der Waals surface area contributed by atoms with Gasteiger partial charge < -0.3 is 4.40 Å². The molecule has 1 unspecified atom stereocenters. The Labute approximate surface area is 171 Å². The number of thioether (sulfide) groups is 1. The van der Waals surface area contributed by atoms with E-state index in [1.807, 2.05) is 23.7 Å². The molecule has 1 aromatic carbocycles. The lowest BCUT2D eigenvalue weighted by atomic mass is 9.96. The van der Waals surface area contributed by atoms with Crippen molar-refractivity contribution in [1.29, 1.82) is 0 Å². The second kappa shape index (κ2) is 7.04. The summed E-state index contributed by atoms with van der Waals surface area (Å²) in [7, 11) is -1.16. The van der Waals surface area contributed by atoms with E-state index in [0.717, 1.165) is 37.6 Å². The second-order valence-electron chi connectivity index (χ2n) is 7.01. The van der Waals surface area contributed by atoms with E-state index in [-0.39, 0.29) is 0 Å². The van der Waals surface area contributed by atoms with Crippen LogP contribution in [0.15, 0.2) is 34.4 Å². The Morgan fingerprint density at radius 3 is 2.50 bits per heavy atom. The molecule has 0 N–H and O–H groups in total. The quantitative estimate of drug-likeness (QED) is 0.454. The molecule has 0 fully saturated rings. The van der Waals surface area contributed by atoms with Crippen LogP contribution in [0, 0.1) is 27.7 Å². The average molecular weight is 413 g/mol. The summed E-state index contributed by atoms with van der Waals surface area (Å²) in [4.78, 5) is 5.94. The highest BCUT2D eigenvalue weighted by molar-refractivity contribution is 7.98. The highest BCUT2D eigenvalue weighted by Crippen LogP contribution is 2.34. The van der Waals surface area contributed by atoms with Gasteiger partial charge in [-0.15, -0.1) is 11.8 Å². The molecule has 3 aromatic heterocycles. The fourth-order valence-corrected chi connectivity index (χ4v) is 5.11. The summed E-state index contributed by atoms with van der Waals surface area (Å²) in [5.41, 5.74) is 6.53. The summed E-state index contributed by atoms with van der Waals surface area (Å²) in [6.45, 7) is 10.4. The largest absolute Gasteiger partial charge is 0.305 e. The van der Waals surface area contributed by atoms with Crippen LogP contribution in [0.25, 0.3) is 22.4 Å². The Hall–Kier alpha value is -2.12. The van der Waals surface area contributed by atoms with Crippen molar-refractivity contribution in [2.75, 3.05) is 12.0 Å². The van der Waals surface area contributed by atoms with Gasteiger partial charge in [0.25, 0.3) is 0 Å². The summed E-state index contributed by atoms with van der Waals surface area (Å²) in [5.74, 6) is 1.23. The topological polar surface area (TPSA) is 52.2 Å². The van der Waals surface area contributed by atoms with Crippen molar-refractivity contribution in [3.05, 3.63) is 46.8 Å². The summed E-state index contributed by atoms with van der Waals surface area (Å²) in [5, 5.41) is 6.64. The van der Waals surface area contributed by atoms with Crippen LogP contribution >= 0.6 is 11.8 Å². The third-order valence-corrected chi connectivity index (χ3v) is 7.67. The Kier molecular flexibility index (Phi) is 4.83. The van der Waals surface area contributed by atoms with E-state index < -0.39 is 10.8 Å². The smallest absolute Gasteiger partial charge is 0.173 e. The van der Waals surface area contributed by atoms with E-state index >= 15 is 0 Å². The van der Waals surface area contributed by atoms with Crippen molar-refractivity contribution >= 4 is 39.1 Å². The average Bonchev–Trinajstić information content (AvgIpc) is 3.30. The van der Waals surface area contributed by atoms with Gasteiger partial charge in [0.15, 0.2) is 5.82 Å². The van der Waals surface area contributed by atoms with E-state index in [4.69, 9.17) is 10.1 Å². The third kappa shape index (κ3) is 2.79. The number of hydrogen-bond acceptors (Lipinski definition) is 4. The van der Waals surface area contributed by atoms with Crippen molar-refractivity contribution in [2.24, 2.45) is 0 Å². The highest BCUT2D eigenvalue weighted by atomic mass is 32.2. The number of aromatic nitrogens is 4. The van der Waals surface area contributed by atoms with Gasteiger partial charge in [-0.25, -0.2) is 9.67 Å². The maximum absolute atomic E-state index is 13.1. The predicted molar refractivity (Wildman–Crippen MR) is 117 cm³/mol. The van der Waals surface area contributed by atoms with Gasteiger partial charge >= 0.3 is 0 Å². The molecule has 7 heteroatoms. The van der Waals surface area contributed by atoms with Crippen LogP contribution in [-0.2, 0) is 10.8 Å². The number of aryl methyl sites for hydroxylation is 2. The number of benzene rings is 1. The van der Waals surface area contributed by atoms with E-state index in [9.17, 15) is 4.21 Å². The molecule has 0 spiro atoms. The fraction of sp³-hybridized carbons (Fsp3) is 0.333. The summed E-state index contributed by atoms with van der Waals surface area (Å²) in [6, 6.07) is 4.12. The monoisotopic (exact) mass is 412 g/mol. The Morgan fingerprint density at radius 1 is 1.11 bits per heavy atom. The number of fused-ring (bicyclic) bond motifs is 2. The van der Waals surface area contributed by atoms with Crippen molar-refractivity contribution in [3.63, 3.8) is 0 Å². The molecular weight excluding hydrogens is 388 g/mol. The maximum atomic E-state index is 13.1. The van der Waals surface area contributed by atoms with Gasteiger partial charge in [0.1, 0.15) is 10.7 Å². The molecule has 0 aliphatic rings. The molecule has 0 aliphatic heterocycles. The van der Waals surface area contributed by atoms with Gasteiger partial charge in [-0.3, -0.25) is 4.21 Å². The van der Waals surface area contributed by atoms with Gasteiger partial charge in [0, 0.05) is 22.2 Å². The van der Waals surface area contributed by atoms with Crippen molar-refractivity contribution in [2.45, 2.75) is 44.5 Å². The standard InChI is InChI=1S/C21H24N4OS2/c1-7-28(26)21-19-14(4)12(2)13(3)15(5)20(19)23-25(21)18-11-24-9-8-16(27-6)10-17(24)22-18/h8-11H,7H2,1-6H3. The zero-order chi connectivity index (χ0) is 20.2. The summed E-state index contributed by atoms with van der Waals surface area (Å²) < 4.78 is 16.8. The SMILES string of the molecule is CCS(=O)c1c2c(C)c(C)c(C)c(C)c2nn1-c1cn2ccc(SC)cc2n1. The lowest BCUT2D eigenvalue weighted by molar-refractivity contribution is 0.673. The first-order valence-corrected chi connectivity index (χ1v) is 11.8. The summed E-state index contributed by atoms with van der Waals surface area (Å²) >= 11 is 1.69. The Morgan fingerprint density at radius 2 is 1.82 bits per heavy atom. The minimum atomic E-state index is -1.16. The molecule has 5 nitrogen and oxygen atoms in total. The molecule has 0 saturated carbocycles.